The monoisotopic (exact) mass is 470 g/mol. The fourth-order valence-electron chi connectivity index (χ4n) is 3.49. The van der Waals surface area contributed by atoms with Crippen LogP contribution in [0.15, 0.2) is 114 Å². The molecule has 0 saturated heterocycles. The summed E-state index contributed by atoms with van der Waals surface area (Å²) in [6.07, 6.45) is 5.37. The molecule has 34 heavy (non-hydrogen) atoms. The summed E-state index contributed by atoms with van der Waals surface area (Å²) < 4.78 is 29.0. The van der Waals surface area contributed by atoms with Crippen molar-refractivity contribution in [2.45, 2.75) is 11.4 Å². The Balaban J connectivity index is 1.51. The van der Waals surface area contributed by atoms with Gasteiger partial charge in [0.25, 0.3) is 15.9 Å². The van der Waals surface area contributed by atoms with Crippen LogP contribution in [-0.4, -0.2) is 24.7 Å². The lowest BCUT2D eigenvalue weighted by Crippen LogP contribution is -2.31. The zero-order valence-electron chi connectivity index (χ0n) is 18.2. The number of carbonyl (C=O) groups excluding carboxylic acids is 2. The number of ketones is 1. The molecule has 4 rings (SSSR count). The number of nitrogens with one attached hydrogen (secondary N) is 1. The highest BCUT2D eigenvalue weighted by atomic mass is 32.2. The first-order valence-corrected chi connectivity index (χ1v) is 12.1. The number of aromatic nitrogens is 1. The number of rotatable bonds is 8. The van der Waals surface area contributed by atoms with Crippen LogP contribution in [-0.2, 0) is 16.6 Å². The van der Waals surface area contributed by atoms with Gasteiger partial charge in [-0.3, -0.25) is 9.59 Å². The van der Waals surface area contributed by atoms with Crippen LogP contribution in [0, 0.1) is 0 Å². The quantitative estimate of drug-likeness (QED) is 0.383. The van der Waals surface area contributed by atoms with Gasteiger partial charge in [0.15, 0.2) is 0 Å². The van der Waals surface area contributed by atoms with Crippen molar-refractivity contribution in [2.24, 2.45) is 0 Å². The summed E-state index contributed by atoms with van der Waals surface area (Å²) >= 11 is 0. The molecule has 6 nitrogen and oxygen atoms in total. The van der Waals surface area contributed by atoms with Crippen molar-refractivity contribution in [3.05, 3.63) is 132 Å². The van der Waals surface area contributed by atoms with Crippen molar-refractivity contribution in [2.75, 3.05) is 0 Å². The van der Waals surface area contributed by atoms with E-state index in [4.69, 9.17) is 0 Å². The lowest BCUT2D eigenvalue weighted by molar-refractivity contribution is 0.0980. The highest BCUT2D eigenvalue weighted by molar-refractivity contribution is 7.90. The van der Waals surface area contributed by atoms with Gasteiger partial charge in [0, 0.05) is 23.9 Å². The van der Waals surface area contributed by atoms with Crippen molar-refractivity contribution in [1.29, 1.82) is 0 Å². The largest absolute Gasteiger partial charge is 0.341 e. The third-order valence-electron chi connectivity index (χ3n) is 5.18. The maximum Gasteiger partial charge on any atom is 0.265 e. The van der Waals surface area contributed by atoms with Crippen molar-refractivity contribution in [1.82, 2.24) is 9.29 Å². The van der Waals surface area contributed by atoms with Gasteiger partial charge in [-0.15, -0.1) is 0 Å². The minimum absolute atomic E-state index is 0.0135. The molecule has 0 bridgehead atoms. The van der Waals surface area contributed by atoms with E-state index in [2.05, 4.69) is 4.72 Å². The molecule has 0 unspecified atom stereocenters. The van der Waals surface area contributed by atoms with E-state index in [9.17, 15) is 18.0 Å². The van der Waals surface area contributed by atoms with Crippen molar-refractivity contribution in [3.63, 3.8) is 0 Å². The predicted octanol–water partition coefficient (Wildman–Crippen LogP) is 4.55. The van der Waals surface area contributed by atoms with Gasteiger partial charge >= 0.3 is 0 Å². The smallest absolute Gasteiger partial charge is 0.265 e. The molecule has 1 amide bonds. The highest BCUT2D eigenvalue weighted by Gasteiger charge is 2.19. The fraction of sp³-hybridized carbons (Fsp3) is 0.0370. The van der Waals surface area contributed by atoms with Crippen LogP contribution in [0.2, 0.25) is 0 Å². The molecule has 0 aliphatic carbocycles. The third-order valence-corrected chi connectivity index (χ3v) is 6.53. The Morgan fingerprint density at radius 1 is 0.794 bits per heavy atom. The standard InChI is InChI=1S/C27H22N2O4S/c30-26(22-12-3-1-4-13-22)25-18-10-20-29(25)19-9-14-21-11-7-8-17-24(21)27(31)28-34(32,33)23-15-5-2-6-16-23/h1-18,20H,19H2,(H,28,31)/b14-9+. The fourth-order valence-corrected chi connectivity index (χ4v) is 4.48. The van der Waals surface area contributed by atoms with E-state index in [1.54, 1.807) is 72.8 Å². The van der Waals surface area contributed by atoms with Gasteiger partial charge in [0.1, 0.15) is 0 Å². The molecule has 0 fully saturated rings. The number of hydrogen-bond donors (Lipinski definition) is 1. The number of carbonyl (C=O) groups is 2. The van der Waals surface area contributed by atoms with E-state index in [-0.39, 0.29) is 16.2 Å². The summed E-state index contributed by atoms with van der Waals surface area (Å²) in [5, 5.41) is 0. The maximum absolute atomic E-state index is 12.8. The molecule has 0 aliphatic heterocycles. The minimum atomic E-state index is -3.99. The van der Waals surface area contributed by atoms with Gasteiger partial charge in [-0.1, -0.05) is 78.9 Å². The van der Waals surface area contributed by atoms with E-state index in [0.717, 1.165) is 0 Å². The Morgan fingerprint density at radius 3 is 2.18 bits per heavy atom. The minimum Gasteiger partial charge on any atom is -0.341 e. The number of benzene rings is 3. The molecule has 3 aromatic carbocycles. The summed E-state index contributed by atoms with van der Waals surface area (Å²) in [5.41, 5.74) is 1.95. The second-order valence-electron chi connectivity index (χ2n) is 7.48. The average Bonchev–Trinajstić information content (AvgIpc) is 3.33. The SMILES string of the molecule is O=C(NS(=O)(=O)c1ccccc1)c1ccccc1/C=C/Cn1cccc1C(=O)c1ccccc1. The van der Waals surface area contributed by atoms with E-state index < -0.39 is 15.9 Å². The van der Waals surface area contributed by atoms with Crippen LogP contribution < -0.4 is 4.72 Å². The van der Waals surface area contributed by atoms with E-state index >= 15 is 0 Å². The second-order valence-corrected chi connectivity index (χ2v) is 9.16. The molecule has 7 heteroatoms. The van der Waals surface area contributed by atoms with E-state index in [1.807, 2.05) is 35.0 Å². The van der Waals surface area contributed by atoms with E-state index in [0.29, 0.717) is 23.4 Å². The molecule has 1 aromatic heterocycles. The van der Waals surface area contributed by atoms with Gasteiger partial charge in [0.05, 0.1) is 10.6 Å². The van der Waals surface area contributed by atoms with Crippen molar-refractivity contribution < 1.29 is 18.0 Å². The summed E-state index contributed by atoms with van der Waals surface area (Å²) in [7, 11) is -3.99. The third kappa shape index (κ3) is 5.22. The summed E-state index contributed by atoms with van der Waals surface area (Å²) in [5.74, 6) is -0.796. The molecular weight excluding hydrogens is 448 g/mol. The first-order valence-electron chi connectivity index (χ1n) is 10.6. The van der Waals surface area contributed by atoms with Crippen LogP contribution in [0.1, 0.15) is 32.0 Å². The highest BCUT2D eigenvalue weighted by Crippen LogP contribution is 2.15. The Kier molecular flexibility index (Phi) is 6.85. The second kappa shape index (κ2) is 10.1. The van der Waals surface area contributed by atoms with Gasteiger partial charge in [-0.2, -0.15) is 0 Å². The zero-order valence-corrected chi connectivity index (χ0v) is 19.0. The number of amides is 1. The van der Waals surface area contributed by atoms with Gasteiger partial charge in [-0.25, -0.2) is 13.1 Å². The number of hydrogen-bond acceptors (Lipinski definition) is 4. The molecule has 170 valence electrons. The molecule has 1 heterocycles. The molecule has 0 saturated carbocycles. The predicted molar refractivity (Wildman–Crippen MR) is 131 cm³/mol. The van der Waals surface area contributed by atoms with Crippen LogP contribution in [0.5, 0.6) is 0 Å². The Hall–Kier alpha value is -4.23. The lowest BCUT2D eigenvalue weighted by Gasteiger charge is -2.09. The Morgan fingerprint density at radius 2 is 1.44 bits per heavy atom. The molecule has 0 aliphatic rings. The first-order chi connectivity index (χ1) is 16.5. The lowest BCUT2D eigenvalue weighted by atomic mass is 10.1. The molecular formula is C27H22N2O4S. The topological polar surface area (TPSA) is 85.2 Å². The molecule has 4 aromatic rings. The molecule has 0 atom stereocenters. The number of sulfonamides is 1. The van der Waals surface area contributed by atoms with Crippen LogP contribution in [0.4, 0.5) is 0 Å². The van der Waals surface area contributed by atoms with Crippen LogP contribution in [0.3, 0.4) is 0 Å². The van der Waals surface area contributed by atoms with Crippen molar-refractivity contribution >= 4 is 27.8 Å². The first kappa shape index (κ1) is 22.9. The van der Waals surface area contributed by atoms with Crippen molar-refractivity contribution in [3.8, 4) is 0 Å². The Bertz CT molecular complexity index is 1440. The molecule has 1 N–H and O–H groups in total. The Labute approximate surface area is 198 Å². The van der Waals surface area contributed by atoms with Crippen LogP contribution >= 0.6 is 0 Å². The molecule has 0 spiro atoms. The number of nitrogens with zero attached hydrogens (tertiary/aromatic N) is 1. The molecule has 0 radical (unpaired) electrons. The van der Waals surface area contributed by atoms with Gasteiger partial charge in [0.2, 0.25) is 5.78 Å². The summed E-state index contributed by atoms with van der Waals surface area (Å²) in [4.78, 5) is 25.6. The van der Waals surface area contributed by atoms with Gasteiger partial charge < -0.3 is 4.57 Å². The normalized spacial score (nSPS) is 11.4. The summed E-state index contributed by atoms with van der Waals surface area (Å²) in [6, 6.07) is 27.1. The van der Waals surface area contributed by atoms with Crippen LogP contribution in [0.25, 0.3) is 6.08 Å². The summed E-state index contributed by atoms with van der Waals surface area (Å²) in [6.45, 7) is 0.402. The zero-order chi connectivity index (χ0) is 24.0. The average molecular weight is 471 g/mol. The van der Waals surface area contributed by atoms with E-state index in [1.165, 1.54) is 12.1 Å². The number of allylic oxidation sites excluding steroid dienone is 1. The van der Waals surface area contributed by atoms with Gasteiger partial charge in [-0.05, 0) is 35.9 Å². The maximum atomic E-state index is 12.8.